The van der Waals surface area contributed by atoms with Gasteiger partial charge >= 0.3 is 5.97 Å². The Kier molecular flexibility index (Phi) is 8.00. The average molecular weight is 554 g/mol. The molecule has 0 aliphatic carbocycles. The molecule has 11 nitrogen and oxygen atoms in total. The highest BCUT2D eigenvalue weighted by molar-refractivity contribution is 7.99. The predicted molar refractivity (Wildman–Crippen MR) is 144 cm³/mol. The Hall–Kier alpha value is -3.68. The van der Waals surface area contributed by atoms with Crippen LogP contribution in [0.1, 0.15) is 35.8 Å². The SMILES string of the molecule is CN1CCN(CCSc2nnc3n2-c2ccc([N+](=O)[O-])cc2C(c2ccccc2F)=N[C@H]3CCC(=O)O)CC1. The van der Waals surface area contributed by atoms with Crippen molar-refractivity contribution in [1.29, 1.82) is 0 Å². The number of nitrogens with zero attached hydrogens (tertiary/aromatic N) is 7. The molecule has 1 fully saturated rings. The highest BCUT2D eigenvalue weighted by Crippen LogP contribution is 2.37. The van der Waals surface area contributed by atoms with E-state index in [0.29, 0.717) is 22.2 Å². The maximum absolute atomic E-state index is 15.0. The normalized spacial score (nSPS) is 17.7. The number of hydrogen-bond donors (Lipinski definition) is 1. The van der Waals surface area contributed by atoms with Crippen LogP contribution in [-0.4, -0.2) is 91.8 Å². The number of carbonyl (C=O) groups is 1. The second-order valence-corrected chi connectivity index (χ2v) is 10.6. The van der Waals surface area contributed by atoms with Crippen LogP contribution >= 0.6 is 11.8 Å². The molecule has 1 saturated heterocycles. The number of carboxylic acids is 1. The molecule has 0 bridgehead atoms. The summed E-state index contributed by atoms with van der Waals surface area (Å²) >= 11 is 1.51. The number of non-ortho nitro benzene ring substituents is 1. The zero-order valence-corrected chi connectivity index (χ0v) is 22.2. The summed E-state index contributed by atoms with van der Waals surface area (Å²) in [6.07, 6.45) is -0.0819. The monoisotopic (exact) mass is 553 g/mol. The van der Waals surface area contributed by atoms with Gasteiger partial charge in [-0.15, -0.1) is 10.2 Å². The molecule has 204 valence electrons. The first kappa shape index (κ1) is 26.9. The molecular formula is C26H28FN7O4S. The smallest absolute Gasteiger partial charge is 0.303 e. The lowest BCUT2D eigenvalue weighted by atomic mass is 9.99. The molecule has 1 aromatic heterocycles. The van der Waals surface area contributed by atoms with Crippen LogP contribution in [0.15, 0.2) is 52.6 Å². The fourth-order valence-corrected chi connectivity index (χ4v) is 5.73. The van der Waals surface area contributed by atoms with Crippen LogP contribution < -0.4 is 0 Å². The van der Waals surface area contributed by atoms with E-state index in [2.05, 4.69) is 27.0 Å². The maximum atomic E-state index is 15.0. The molecule has 39 heavy (non-hydrogen) atoms. The number of benzene rings is 2. The molecule has 13 heteroatoms. The molecular weight excluding hydrogens is 525 g/mol. The van der Waals surface area contributed by atoms with Crippen molar-refractivity contribution >= 4 is 29.1 Å². The number of carboxylic acid groups (broad SMARTS) is 1. The summed E-state index contributed by atoms with van der Waals surface area (Å²) in [7, 11) is 2.11. The summed E-state index contributed by atoms with van der Waals surface area (Å²) in [6, 6.07) is 9.68. The Labute approximate surface area is 228 Å². The van der Waals surface area contributed by atoms with Gasteiger partial charge in [-0.1, -0.05) is 23.9 Å². The minimum atomic E-state index is -0.997. The Balaban J connectivity index is 1.58. The fourth-order valence-electron chi connectivity index (χ4n) is 4.78. The van der Waals surface area contributed by atoms with Crippen molar-refractivity contribution in [3.63, 3.8) is 0 Å². The topological polar surface area (TPSA) is 130 Å². The van der Waals surface area contributed by atoms with E-state index < -0.39 is 22.8 Å². The molecule has 3 aromatic rings. The van der Waals surface area contributed by atoms with E-state index in [1.54, 1.807) is 28.8 Å². The van der Waals surface area contributed by atoms with Gasteiger partial charge < -0.3 is 10.0 Å². The van der Waals surface area contributed by atoms with Crippen molar-refractivity contribution in [3.8, 4) is 5.69 Å². The number of piperazine rings is 1. The summed E-state index contributed by atoms with van der Waals surface area (Å²) in [5, 5.41) is 30.4. The Morgan fingerprint density at radius 1 is 1.15 bits per heavy atom. The van der Waals surface area contributed by atoms with Crippen LogP contribution in [0, 0.1) is 15.9 Å². The van der Waals surface area contributed by atoms with Gasteiger partial charge in [-0.05, 0) is 31.7 Å². The number of likely N-dealkylation sites (N-methyl/N-ethyl adjacent to an activating group) is 1. The molecule has 0 unspecified atom stereocenters. The van der Waals surface area contributed by atoms with Crippen molar-refractivity contribution in [2.75, 3.05) is 45.5 Å². The van der Waals surface area contributed by atoms with Crippen LogP contribution in [0.3, 0.4) is 0 Å². The second-order valence-electron chi connectivity index (χ2n) is 9.53. The Bertz CT molecular complexity index is 1420. The van der Waals surface area contributed by atoms with E-state index in [-0.39, 0.29) is 29.8 Å². The third-order valence-corrected chi connectivity index (χ3v) is 7.83. The Morgan fingerprint density at radius 3 is 2.64 bits per heavy atom. The zero-order valence-electron chi connectivity index (χ0n) is 21.4. The first-order chi connectivity index (χ1) is 18.8. The molecule has 0 saturated carbocycles. The van der Waals surface area contributed by atoms with Gasteiger partial charge in [-0.25, -0.2) is 4.39 Å². The lowest BCUT2D eigenvalue weighted by Gasteiger charge is -2.32. The maximum Gasteiger partial charge on any atom is 0.303 e. The number of fused-ring (bicyclic) bond motifs is 3. The van der Waals surface area contributed by atoms with Gasteiger partial charge in [-0.3, -0.25) is 29.4 Å². The molecule has 1 N–H and O–H groups in total. The molecule has 3 heterocycles. The van der Waals surface area contributed by atoms with Crippen molar-refractivity contribution in [3.05, 3.63) is 75.3 Å². The van der Waals surface area contributed by atoms with Gasteiger partial charge in [0.1, 0.15) is 11.9 Å². The van der Waals surface area contributed by atoms with Gasteiger partial charge in [-0.2, -0.15) is 0 Å². The van der Waals surface area contributed by atoms with Crippen molar-refractivity contribution < 1.29 is 19.2 Å². The molecule has 5 rings (SSSR count). The molecule has 2 aromatic carbocycles. The quantitative estimate of drug-likeness (QED) is 0.241. The fraction of sp³-hybridized carbons (Fsp3) is 0.385. The van der Waals surface area contributed by atoms with E-state index in [1.165, 1.54) is 30.0 Å². The minimum absolute atomic E-state index is 0.105. The minimum Gasteiger partial charge on any atom is -0.481 e. The van der Waals surface area contributed by atoms with E-state index >= 15 is 4.39 Å². The van der Waals surface area contributed by atoms with E-state index in [1.807, 2.05) is 0 Å². The lowest BCUT2D eigenvalue weighted by Crippen LogP contribution is -2.45. The molecule has 0 amide bonds. The second kappa shape index (κ2) is 11.6. The third-order valence-electron chi connectivity index (χ3n) is 6.92. The van der Waals surface area contributed by atoms with Gasteiger partial charge in [0.15, 0.2) is 11.0 Å². The summed E-state index contributed by atoms with van der Waals surface area (Å²) in [5.74, 6) is -0.377. The number of aliphatic imine (C=N–C) groups is 1. The van der Waals surface area contributed by atoms with Gasteiger partial charge in [0.05, 0.1) is 16.3 Å². The summed E-state index contributed by atoms with van der Waals surface area (Å²) in [4.78, 5) is 32.1. The number of rotatable bonds is 9. The predicted octanol–water partition coefficient (Wildman–Crippen LogP) is 3.41. The van der Waals surface area contributed by atoms with Crippen LogP contribution in [0.2, 0.25) is 0 Å². The molecule has 0 radical (unpaired) electrons. The summed E-state index contributed by atoms with van der Waals surface area (Å²) in [6.45, 7) is 4.85. The van der Waals surface area contributed by atoms with Crippen LogP contribution in [0.5, 0.6) is 0 Å². The summed E-state index contributed by atoms with van der Waals surface area (Å²) < 4.78 is 16.8. The number of hydrogen-bond acceptors (Lipinski definition) is 9. The van der Waals surface area contributed by atoms with Crippen LogP contribution in [-0.2, 0) is 4.79 Å². The number of nitro benzene ring substituents is 1. The first-order valence-electron chi connectivity index (χ1n) is 12.6. The van der Waals surface area contributed by atoms with E-state index in [4.69, 9.17) is 4.99 Å². The number of halogens is 1. The van der Waals surface area contributed by atoms with Crippen molar-refractivity contribution in [2.24, 2.45) is 4.99 Å². The Morgan fingerprint density at radius 2 is 1.92 bits per heavy atom. The van der Waals surface area contributed by atoms with Crippen LogP contribution in [0.4, 0.5) is 10.1 Å². The molecule has 0 spiro atoms. The molecule has 2 aliphatic rings. The number of aromatic nitrogens is 3. The largest absolute Gasteiger partial charge is 0.481 e. The number of nitro groups is 1. The molecule has 2 aliphatic heterocycles. The van der Waals surface area contributed by atoms with Crippen molar-refractivity contribution in [2.45, 2.75) is 24.0 Å². The highest BCUT2D eigenvalue weighted by Gasteiger charge is 2.31. The van der Waals surface area contributed by atoms with Gasteiger partial charge in [0, 0.05) is 68.2 Å². The first-order valence-corrected chi connectivity index (χ1v) is 13.6. The number of aliphatic carboxylic acids is 1. The van der Waals surface area contributed by atoms with Gasteiger partial charge in [0.25, 0.3) is 5.69 Å². The number of thioether (sulfide) groups is 1. The standard InChI is InChI=1S/C26H28FN7O4S/c1-31-10-12-32(13-11-31)14-15-39-26-30-29-25-21(7-9-23(35)36)28-24(18-4-2-3-5-20(18)27)19-16-17(34(37)38)6-8-22(19)33(25)26/h2-6,8,16,21H,7,9-15H2,1H3,(H,35,36)/t21-/m0/s1. The zero-order chi connectivity index (χ0) is 27.5. The van der Waals surface area contributed by atoms with E-state index in [9.17, 15) is 20.0 Å². The van der Waals surface area contributed by atoms with Crippen LogP contribution in [0.25, 0.3) is 5.69 Å². The van der Waals surface area contributed by atoms with Gasteiger partial charge in [0.2, 0.25) is 0 Å². The lowest BCUT2D eigenvalue weighted by molar-refractivity contribution is -0.384. The average Bonchev–Trinajstić information content (AvgIpc) is 3.27. The van der Waals surface area contributed by atoms with E-state index in [0.717, 1.165) is 38.5 Å². The summed E-state index contributed by atoms with van der Waals surface area (Å²) in [5.41, 5.74) is 1.10. The molecule has 1 atom stereocenters. The third kappa shape index (κ3) is 5.84. The van der Waals surface area contributed by atoms with Crippen molar-refractivity contribution in [1.82, 2.24) is 24.6 Å². The highest BCUT2D eigenvalue weighted by atomic mass is 32.2.